The largest absolute Gasteiger partial charge is 0.481 e. The quantitative estimate of drug-likeness (QED) is 0.735. The molecular formula is C20H22N2O4. The lowest BCUT2D eigenvalue weighted by molar-refractivity contribution is -0.149. The number of carbonyl (C=O) groups is 3. The highest BCUT2D eigenvalue weighted by molar-refractivity contribution is 5.91. The average Bonchev–Trinajstić information content (AvgIpc) is 2.66. The Morgan fingerprint density at radius 3 is 2.38 bits per heavy atom. The highest BCUT2D eigenvalue weighted by Gasteiger charge is 2.35. The van der Waals surface area contributed by atoms with Gasteiger partial charge in [0, 0.05) is 0 Å². The van der Waals surface area contributed by atoms with Crippen LogP contribution in [0.25, 0.3) is 10.8 Å². The SMILES string of the molecule is O=C(Cc1cccc2ccccc12)NNC(=O)C1CCCCC1C(=O)O. The first-order valence-electron chi connectivity index (χ1n) is 8.84. The van der Waals surface area contributed by atoms with E-state index in [9.17, 15) is 19.5 Å². The number of fused-ring (bicyclic) bond motifs is 1. The fourth-order valence-corrected chi connectivity index (χ4v) is 3.63. The Bertz CT molecular complexity index is 828. The summed E-state index contributed by atoms with van der Waals surface area (Å²) in [6, 6.07) is 13.5. The second-order valence-corrected chi connectivity index (χ2v) is 6.69. The number of amides is 2. The van der Waals surface area contributed by atoms with E-state index in [1.807, 2.05) is 42.5 Å². The molecule has 2 unspecified atom stereocenters. The van der Waals surface area contributed by atoms with E-state index in [0.717, 1.165) is 29.2 Å². The highest BCUT2D eigenvalue weighted by Crippen LogP contribution is 2.30. The van der Waals surface area contributed by atoms with E-state index in [1.165, 1.54) is 0 Å². The highest BCUT2D eigenvalue weighted by atomic mass is 16.4. The molecule has 2 amide bonds. The zero-order chi connectivity index (χ0) is 18.5. The Kier molecular flexibility index (Phi) is 5.51. The molecule has 0 bridgehead atoms. The number of hydrazine groups is 1. The van der Waals surface area contributed by atoms with Crippen LogP contribution in [-0.4, -0.2) is 22.9 Å². The summed E-state index contributed by atoms with van der Waals surface area (Å²) in [5, 5.41) is 11.3. The van der Waals surface area contributed by atoms with Crippen LogP contribution in [-0.2, 0) is 20.8 Å². The molecule has 0 aliphatic heterocycles. The van der Waals surface area contributed by atoms with Crippen molar-refractivity contribution in [3.63, 3.8) is 0 Å². The van der Waals surface area contributed by atoms with Gasteiger partial charge in [-0.1, -0.05) is 55.3 Å². The molecule has 1 aliphatic carbocycles. The molecule has 6 heteroatoms. The van der Waals surface area contributed by atoms with Crippen LogP contribution in [0.2, 0.25) is 0 Å². The topological polar surface area (TPSA) is 95.5 Å². The molecule has 0 spiro atoms. The van der Waals surface area contributed by atoms with E-state index in [-0.39, 0.29) is 12.3 Å². The van der Waals surface area contributed by atoms with Crippen LogP contribution < -0.4 is 10.9 Å². The zero-order valence-corrected chi connectivity index (χ0v) is 14.4. The monoisotopic (exact) mass is 354 g/mol. The van der Waals surface area contributed by atoms with Crippen LogP contribution in [0, 0.1) is 11.8 Å². The van der Waals surface area contributed by atoms with Crippen molar-refractivity contribution in [1.29, 1.82) is 0 Å². The third kappa shape index (κ3) is 4.02. The molecule has 136 valence electrons. The molecule has 0 aromatic heterocycles. The fourth-order valence-electron chi connectivity index (χ4n) is 3.63. The van der Waals surface area contributed by atoms with Crippen molar-refractivity contribution in [2.75, 3.05) is 0 Å². The van der Waals surface area contributed by atoms with E-state index < -0.39 is 23.7 Å². The molecule has 1 aliphatic rings. The number of carboxylic acid groups (broad SMARTS) is 1. The molecule has 0 radical (unpaired) electrons. The maximum Gasteiger partial charge on any atom is 0.307 e. The molecule has 1 fully saturated rings. The van der Waals surface area contributed by atoms with Gasteiger partial charge in [-0.2, -0.15) is 0 Å². The first kappa shape index (κ1) is 17.9. The summed E-state index contributed by atoms with van der Waals surface area (Å²) in [7, 11) is 0. The number of rotatable bonds is 4. The van der Waals surface area contributed by atoms with Crippen LogP contribution in [0.4, 0.5) is 0 Å². The predicted octanol–water partition coefficient (Wildman–Crippen LogP) is 2.42. The van der Waals surface area contributed by atoms with Crippen molar-refractivity contribution in [3.05, 3.63) is 48.0 Å². The summed E-state index contributed by atoms with van der Waals surface area (Å²) in [6.45, 7) is 0. The minimum Gasteiger partial charge on any atom is -0.481 e. The van der Waals surface area contributed by atoms with E-state index in [4.69, 9.17) is 0 Å². The minimum absolute atomic E-state index is 0.134. The molecule has 1 saturated carbocycles. The van der Waals surface area contributed by atoms with Gasteiger partial charge in [0.05, 0.1) is 18.3 Å². The Hall–Kier alpha value is -2.89. The summed E-state index contributed by atoms with van der Waals surface area (Å²) >= 11 is 0. The molecule has 0 heterocycles. The van der Waals surface area contributed by atoms with Crippen molar-refractivity contribution < 1.29 is 19.5 Å². The van der Waals surface area contributed by atoms with Crippen molar-refractivity contribution in [2.45, 2.75) is 32.1 Å². The molecule has 2 atom stereocenters. The van der Waals surface area contributed by atoms with Gasteiger partial charge in [-0.05, 0) is 29.2 Å². The summed E-state index contributed by atoms with van der Waals surface area (Å²) < 4.78 is 0. The van der Waals surface area contributed by atoms with Gasteiger partial charge in [0.15, 0.2) is 0 Å². The van der Waals surface area contributed by atoms with E-state index >= 15 is 0 Å². The molecule has 6 nitrogen and oxygen atoms in total. The Morgan fingerprint density at radius 1 is 0.923 bits per heavy atom. The van der Waals surface area contributed by atoms with Crippen LogP contribution in [0.1, 0.15) is 31.2 Å². The normalized spacial score (nSPS) is 19.7. The average molecular weight is 354 g/mol. The maximum absolute atomic E-state index is 12.3. The van der Waals surface area contributed by atoms with Gasteiger partial charge in [0.2, 0.25) is 11.8 Å². The molecule has 2 aromatic carbocycles. The van der Waals surface area contributed by atoms with E-state index in [1.54, 1.807) is 0 Å². The zero-order valence-electron chi connectivity index (χ0n) is 14.4. The third-order valence-corrected chi connectivity index (χ3v) is 4.98. The summed E-state index contributed by atoms with van der Waals surface area (Å²) in [4.78, 5) is 35.8. The summed E-state index contributed by atoms with van der Waals surface area (Å²) in [5.41, 5.74) is 5.70. The lowest BCUT2D eigenvalue weighted by atomic mass is 9.79. The maximum atomic E-state index is 12.3. The molecule has 2 aromatic rings. The van der Waals surface area contributed by atoms with E-state index in [2.05, 4.69) is 10.9 Å². The number of carboxylic acids is 1. The van der Waals surface area contributed by atoms with Crippen molar-refractivity contribution in [3.8, 4) is 0 Å². The fraction of sp³-hybridized carbons (Fsp3) is 0.350. The number of hydrogen-bond acceptors (Lipinski definition) is 3. The lowest BCUT2D eigenvalue weighted by Crippen LogP contribution is -2.48. The second kappa shape index (κ2) is 7.99. The van der Waals surface area contributed by atoms with Crippen LogP contribution >= 0.6 is 0 Å². The molecular weight excluding hydrogens is 332 g/mol. The number of nitrogens with one attached hydrogen (secondary N) is 2. The van der Waals surface area contributed by atoms with Crippen molar-refractivity contribution >= 4 is 28.6 Å². The smallest absolute Gasteiger partial charge is 0.307 e. The van der Waals surface area contributed by atoms with Crippen molar-refractivity contribution in [1.82, 2.24) is 10.9 Å². The Morgan fingerprint density at radius 2 is 1.62 bits per heavy atom. The van der Waals surface area contributed by atoms with Gasteiger partial charge >= 0.3 is 5.97 Å². The number of hydrogen-bond donors (Lipinski definition) is 3. The van der Waals surface area contributed by atoms with Gasteiger partial charge < -0.3 is 5.11 Å². The number of carbonyl (C=O) groups excluding carboxylic acids is 2. The first-order chi connectivity index (χ1) is 12.6. The Balaban J connectivity index is 1.60. The minimum atomic E-state index is -0.952. The van der Waals surface area contributed by atoms with Gasteiger partial charge in [0.1, 0.15) is 0 Å². The standard InChI is InChI=1S/C20H22N2O4/c23-18(12-14-8-5-7-13-6-1-2-9-15(13)14)21-22-19(24)16-10-3-4-11-17(16)20(25)26/h1-2,5-9,16-17H,3-4,10-12H2,(H,21,23)(H,22,24)(H,25,26). The molecule has 26 heavy (non-hydrogen) atoms. The number of benzene rings is 2. The predicted molar refractivity (Wildman–Crippen MR) is 97.0 cm³/mol. The van der Waals surface area contributed by atoms with E-state index in [0.29, 0.717) is 12.8 Å². The van der Waals surface area contributed by atoms with Gasteiger partial charge in [-0.25, -0.2) is 0 Å². The van der Waals surface area contributed by atoms with Crippen LogP contribution in [0.3, 0.4) is 0 Å². The number of aliphatic carboxylic acids is 1. The lowest BCUT2D eigenvalue weighted by Gasteiger charge is -2.27. The molecule has 0 saturated heterocycles. The van der Waals surface area contributed by atoms with Gasteiger partial charge in [-0.3, -0.25) is 25.2 Å². The molecule has 3 N–H and O–H groups in total. The summed E-state index contributed by atoms with van der Waals surface area (Å²) in [5.74, 6) is -2.99. The van der Waals surface area contributed by atoms with Gasteiger partial charge in [0.25, 0.3) is 0 Å². The Labute approximate surface area is 151 Å². The van der Waals surface area contributed by atoms with Crippen LogP contribution in [0.15, 0.2) is 42.5 Å². The van der Waals surface area contributed by atoms with Crippen LogP contribution in [0.5, 0.6) is 0 Å². The summed E-state index contributed by atoms with van der Waals surface area (Å²) in [6.07, 6.45) is 2.80. The molecule has 3 rings (SSSR count). The van der Waals surface area contributed by atoms with Gasteiger partial charge in [-0.15, -0.1) is 0 Å². The third-order valence-electron chi connectivity index (χ3n) is 4.98. The second-order valence-electron chi connectivity index (χ2n) is 6.69. The van der Waals surface area contributed by atoms with Crippen molar-refractivity contribution in [2.24, 2.45) is 11.8 Å². The first-order valence-corrected chi connectivity index (χ1v) is 8.84.